The Bertz CT molecular complexity index is 492. The number of nitrogens with zero attached hydrogens (tertiary/aromatic N) is 3. The molecule has 0 saturated carbocycles. The number of pyridine rings is 1. The summed E-state index contributed by atoms with van der Waals surface area (Å²) in [7, 11) is 1.97. The summed E-state index contributed by atoms with van der Waals surface area (Å²) in [5.74, 6) is 0. The van der Waals surface area contributed by atoms with Gasteiger partial charge >= 0.3 is 0 Å². The van der Waals surface area contributed by atoms with Crippen molar-refractivity contribution in [2.24, 2.45) is 7.05 Å². The molecule has 0 radical (unpaired) electrons. The first-order valence-electron chi connectivity index (χ1n) is 7.37. The van der Waals surface area contributed by atoms with Gasteiger partial charge in [-0.05, 0) is 55.5 Å². The van der Waals surface area contributed by atoms with Crippen LogP contribution in [0.25, 0.3) is 0 Å². The first-order chi connectivity index (χ1) is 9.78. The molecule has 0 fully saturated rings. The van der Waals surface area contributed by atoms with Crippen molar-refractivity contribution in [3.05, 3.63) is 48.0 Å². The standard InChI is InChI=1S/C16H24N4/c1-3-18-16(6-4-14-8-10-17-11-9-14)7-5-15-12-19-20(2)13-15/h8-13,16,18H,3-7H2,1-2H3. The van der Waals surface area contributed by atoms with Crippen molar-refractivity contribution in [1.29, 1.82) is 0 Å². The largest absolute Gasteiger partial charge is 0.314 e. The molecule has 108 valence electrons. The molecule has 1 atom stereocenters. The van der Waals surface area contributed by atoms with Gasteiger partial charge in [0.05, 0.1) is 6.20 Å². The van der Waals surface area contributed by atoms with Crippen LogP contribution in [-0.2, 0) is 19.9 Å². The van der Waals surface area contributed by atoms with Crippen LogP contribution in [0.1, 0.15) is 30.9 Å². The minimum atomic E-state index is 0.563. The van der Waals surface area contributed by atoms with Gasteiger partial charge in [-0.3, -0.25) is 9.67 Å². The smallest absolute Gasteiger partial charge is 0.0521 e. The van der Waals surface area contributed by atoms with E-state index in [-0.39, 0.29) is 0 Å². The summed E-state index contributed by atoms with van der Waals surface area (Å²) in [6, 6.07) is 4.77. The highest BCUT2D eigenvalue weighted by Crippen LogP contribution is 2.10. The molecule has 0 bridgehead atoms. The summed E-state index contributed by atoms with van der Waals surface area (Å²) in [4.78, 5) is 4.06. The van der Waals surface area contributed by atoms with Crippen molar-refractivity contribution < 1.29 is 0 Å². The summed E-state index contributed by atoms with van der Waals surface area (Å²) in [5, 5.41) is 7.81. The second kappa shape index (κ2) is 7.80. The van der Waals surface area contributed by atoms with E-state index in [0.29, 0.717) is 6.04 Å². The highest BCUT2D eigenvalue weighted by Gasteiger charge is 2.08. The zero-order valence-corrected chi connectivity index (χ0v) is 12.4. The highest BCUT2D eigenvalue weighted by molar-refractivity contribution is 5.10. The summed E-state index contributed by atoms with van der Waals surface area (Å²) >= 11 is 0. The minimum absolute atomic E-state index is 0.563. The lowest BCUT2D eigenvalue weighted by Crippen LogP contribution is -2.29. The average molecular weight is 272 g/mol. The molecule has 0 aliphatic rings. The van der Waals surface area contributed by atoms with Crippen molar-refractivity contribution >= 4 is 0 Å². The highest BCUT2D eigenvalue weighted by atomic mass is 15.2. The topological polar surface area (TPSA) is 42.7 Å². The normalized spacial score (nSPS) is 12.5. The molecule has 2 aromatic heterocycles. The van der Waals surface area contributed by atoms with Gasteiger partial charge < -0.3 is 5.32 Å². The predicted molar refractivity (Wildman–Crippen MR) is 81.6 cm³/mol. The Morgan fingerprint density at radius 3 is 2.45 bits per heavy atom. The lowest BCUT2D eigenvalue weighted by Gasteiger charge is -2.17. The van der Waals surface area contributed by atoms with E-state index < -0.39 is 0 Å². The molecule has 2 rings (SSSR count). The summed E-state index contributed by atoms with van der Waals surface area (Å²) in [6.45, 7) is 3.19. The summed E-state index contributed by atoms with van der Waals surface area (Å²) in [6.07, 6.45) is 12.3. The van der Waals surface area contributed by atoms with Crippen LogP contribution >= 0.6 is 0 Å². The summed E-state index contributed by atoms with van der Waals surface area (Å²) in [5.41, 5.74) is 2.68. The van der Waals surface area contributed by atoms with Gasteiger partial charge in [0.15, 0.2) is 0 Å². The van der Waals surface area contributed by atoms with E-state index in [1.165, 1.54) is 11.1 Å². The molecule has 20 heavy (non-hydrogen) atoms. The lowest BCUT2D eigenvalue weighted by molar-refractivity contribution is 0.464. The van der Waals surface area contributed by atoms with Crippen LogP contribution < -0.4 is 5.32 Å². The maximum absolute atomic E-state index is 4.22. The Morgan fingerprint density at radius 1 is 1.15 bits per heavy atom. The third kappa shape index (κ3) is 4.78. The van der Waals surface area contributed by atoms with Crippen LogP contribution in [0.3, 0.4) is 0 Å². The van der Waals surface area contributed by atoms with E-state index in [1.54, 1.807) is 0 Å². The average Bonchev–Trinajstić information content (AvgIpc) is 2.89. The second-order valence-electron chi connectivity index (χ2n) is 5.21. The van der Waals surface area contributed by atoms with Crippen LogP contribution in [0.2, 0.25) is 0 Å². The first kappa shape index (κ1) is 14.7. The summed E-state index contributed by atoms with van der Waals surface area (Å²) < 4.78 is 1.87. The monoisotopic (exact) mass is 272 g/mol. The number of hydrogen-bond donors (Lipinski definition) is 1. The molecule has 0 spiro atoms. The van der Waals surface area contributed by atoms with Crippen molar-refractivity contribution in [1.82, 2.24) is 20.1 Å². The molecule has 2 heterocycles. The second-order valence-corrected chi connectivity index (χ2v) is 5.21. The van der Waals surface area contributed by atoms with Crippen LogP contribution in [-0.4, -0.2) is 27.4 Å². The Balaban J connectivity index is 1.80. The quantitative estimate of drug-likeness (QED) is 0.802. The number of nitrogens with one attached hydrogen (secondary N) is 1. The van der Waals surface area contributed by atoms with E-state index in [9.17, 15) is 0 Å². The van der Waals surface area contributed by atoms with E-state index in [1.807, 2.05) is 30.3 Å². The zero-order valence-electron chi connectivity index (χ0n) is 12.4. The van der Waals surface area contributed by atoms with E-state index in [4.69, 9.17) is 0 Å². The van der Waals surface area contributed by atoms with Gasteiger partial charge in [0.25, 0.3) is 0 Å². The lowest BCUT2D eigenvalue weighted by atomic mass is 10.0. The molecule has 0 amide bonds. The number of rotatable bonds is 8. The maximum atomic E-state index is 4.22. The number of aryl methyl sites for hydroxylation is 3. The fourth-order valence-corrected chi connectivity index (χ4v) is 2.47. The minimum Gasteiger partial charge on any atom is -0.314 e. The van der Waals surface area contributed by atoms with E-state index in [0.717, 1.165) is 32.2 Å². The van der Waals surface area contributed by atoms with Gasteiger partial charge in [0, 0.05) is 31.7 Å². The molecule has 1 unspecified atom stereocenters. The van der Waals surface area contributed by atoms with Crippen molar-refractivity contribution in [3.63, 3.8) is 0 Å². The van der Waals surface area contributed by atoms with Gasteiger partial charge in [-0.15, -0.1) is 0 Å². The Kier molecular flexibility index (Phi) is 5.74. The van der Waals surface area contributed by atoms with Crippen LogP contribution in [0, 0.1) is 0 Å². The molecule has 4 nitrogen and oxygen atoms in total. The third-order valence-corrected chi connectivity index (χ3v) is 3.56. The third-order valence-electron chi connectivity index (χ3n) is 3.56. The Labute approximate surface area is 121 Å². The molecule has 0 aliphatic heterocycles. The number of aromatic nitrogens is 3. The molecule has 0 aromatic carbocycles. The van der Waals surface area contributed by atoms with Crippen molar-refractivity contribution in [2.45, 2.75) is 38.6 Å². The van der Waals surface area contributed by atoms with Crippen molar-refractivity contribution in [3.8, 4) is 0 Å². The number of hydrogen-bond acceptors (Lipinski definition) is 3. The molecule has 0 aliphatic carbocycles. The molecule has 4 heteroatoms. The molecule has 1 N–H and O–H groups in total. The van der Waals surface area contributed by atoms with Crippen molar-refractivity contribution in [2.75, 3.05) is 6.54 Å². The van der Waals surface area contributed by atoms with Gasteiger partial charge in [-0.25, -0.2) is 0 Å². The van der Waals surface area contributed by atoms with Gasteiger partial charge in [0.1, 0.15) is 0 Å². The van der Waals surface area contributed by atoms with Crippen LogP contribution in [0.15, 0.2) is 36.9 Å². The van der Waals surface area contributed by atoms with Gasteiger partial charge in [-0.1, -0.05) is 6.92 Å². The predicted octanol–water partition coefficient (Wildman–Crippen LogP) is 2.36. The SMILES string of the molecule is CCNC(CCc1ccncc1)CCc1cnn(C)c1. The van der Waals surface area contributed by atoms with Crippen LogP contribution in [0.5, 0.6) is 0 Å². The van der Waals surface area contributed by atoms with Crippen LogP contribution in [0.4, 0.5) is 0 Å². The Morgan fingerprint density at radius 2 is 1.85 bits per heavy atom. The molecule has 0 saturated heterocycles. The maximum Gasteiger partial charge on any atom is 0.0521 e. The zero-order chi connectivity index (χ0) is 14.2. The van der Waals surface area contributed by atoms with E-state index in [2.05, 4.69) is 40.7 Å². The Hall–Kier alpha value is -1.68. The molecular weight excluding hydrogens is 248 g/mol. The molecule has 2 aromatic rings. The fraction of sp³-hybridized carbons (Fsp3) is 0.500. The fourth-order valence-electron chi connectivity index (χ4n) is 2.47. The van der Waals surface area contributed by atoms with Gasteiger partial charge in [0.2, 0.25) is 0 Å². The van der Waals surface area contributed by atoms with Gasteiger partial charge in [-0.2, -0.15) is 5.10 Å². The van der Waals surface area contributed by atoms with E-state index >= 15 is 0 Å². The first-order valence-corrected chi connectivity index (χ1v) is 7.37. The molecular formula is C16H24N4.